The molecular weight excluding hydrogens is 306 g/mol. The maximum atomic E-state index is 13.6. The SMILES string of the molecule is CSC1CCC(NS(=O)(=O)c2cc(N)cc(F)c2F)C1. The number of nitrogens with one attached hydrogen (secondary N) is 1. The van der Waals surface area contributed by atoms with Gasteiger partial charge >= 0.3 is 0 Å². The van der Waals surface area contributed by atoms with E-state index >= 15 is 0 Å². The lowest BCUT2D eigenvalue weighted by atomic mass is 10.3. The van der Waals surface area contributed by atoms with Crippen LogP contribution in [0.15, 0.2) is 17.0 Å². The fourth-order valence-corrected chi connectivity index (χ4v) is 4.52. The van der Waals surface area contributed by atoms with Crippen LogP contribution in [0.1, 0.15) is 19.3 Å². The quantitative estimate of drug-likeness (QED) is 0.833. The Balaban J connectivity index is 2.23. The van der Waals surface area contributed by atoms with E-state index in [1.165, 1.54) is 0 Å². The van der Waals surface area contributed by atoms with E-state index in [4.69, 9.17) is 5.73 Å². The van der Waals surface area contributed by atoms with Gasteiger partial charge in [-0.05, 0) is 37.7 Å². The summed E-state index contributed by atoms with van der Waals surface area (Å²) in [5.74, 6) is -2.66. The van der Waals surface area contributed by atoms with Gasteiger partial charge in [0.1, 0.15) is 4.90 Å². The van der Waals surface area contributed by atoms with E-state index in [1.807, 2.05) is 6.26 Å². The number of thioether (sulfide) groups is 1. The summed E-state index contributed by atoms with van der Waals surface area (Å²) in [5, 5.41) is 0.394. The first-order valence-electron chi connectivity index (χ1n) is 6.13. The van der Waals surface area contributed by atoms with Crippen LogP contribution in [0.3, 0.4) is 0 Å². The molecule has 4 nitrogen and oxygen atoms in total. The summed E-state index contributed by atoms with van der Waals surface area (Å²) in [7, 11) is -4.11. The van der Waals surface area contributed by atoms with Crippen molar-refractivity contribution in [3.63, 3.8) is 0 Å². The Morgan fingerprint density at radius 3 is 2.65 bits per heavy atom. The number of nitrogens with two attached hydrogens (primary N) is 1. The smallest absolute Gasteiger partial charge is 0.243 e. The average Bonchev–Trinajstić information content (AvgIpc) is 2.80. The Morgan fingerprint density at radius 1 is 1.35 bits per heavy atom. The van der Waals surface area contributed by atoms with Gasteiger partial charge in [0.2, 0.25) is 10.0 Å². The summed E-state index contributed by atoms with van der Waals surface area (Å²) in [6.07, 6.45) is 4.25. The number of halogens is 2. The van der Waals surface area contributed by atoms with E-state index < -0.39 is 26.6 Å². The van der Waals surface area contributed by atoms with Crippen LogP contribution in [-0.2, 0) is 10.0 Å². The second kappa shape index (κ2) is 5.87. The molecule has 2 unspecified atom stereocenters. The van der Waals surface area contributed by atoms with Crippen LogP contribution in [-0.4, -0.2) is 26.0 Å². The highest BCUT2D eigenvalue weighted by atomic mass is 32.2. The predicted molar refractivity (Wildman–Crippen MR) is 76.0 cm³/mol. The molecule has 1 aliphatic rings. The van der Waals surface area contributed by atoms with Crippen molar-refractivity contribution in [1.82, 2.24) is 4.72 Å². The van der Waals surface area contributed by atoms with Gasteiger partial charge in [-0.1, -0.05) is 0 Å². The molecule has 1 aliphatic carbocycles. The van der Waals surface area contributed by atoms with Crippen LogP contribution in [0, 0.1) is 11.6 Å². The summed E-state index contributed by atoms with van der Waals surface area (Å²) >= 11 is 1.68. The van der Waals surface area contributed by atoms with E-state index in [1.54, 1.807) is 11.8 Å². The minimum Gasteiger partial charge on any atom is -0.399 e. The summed E-state index contributed by atoms with van der Waals surface area (Å²) in [5.41, 5.74) is 5.25. The van der Waals surface area contributed by atoms with Crippen molar-refractivity contribution < 1.29 is 17.2 Å². The molecule has 1 aromatic carbocycles. The van der Waals surface area contributed by atoms with Crippen molar-refractivity contribution in [3.05, 3.63) is 23.8 Å². The predicted octanol–water partition coefficient (Wildman–Crippen LogP) is 2.11. The summed E-state index contributed by atoms with van der Waals surface area (Å²) < 4.78 is 53.6. The first-order valence-corrected chi connectivity index (χ1v) is 8.90. The molecule has 0 bridgehead atoms. The van der Waals surface area contributed by atoms with Crippen molar-refractivity contribution in [3.8, 4) is 0 Å². The first kappa shape index (κ1) is 15.5. The van der Waals surface area contributed by atoms with E-state index in [0.717, 1.165) is 18.6 Å². The van der Waals surface area contributed by atoms with Gasteiger partial charge in [-0.3, -0.25) is 0 Å². The molecule has 20 heavy (non-hydrogen) atoms. The van der Waals surface area contributed by atoms with Crippen LogP contribution >= 0.6 is 11.8 Å². The van der Waals surface area contributed by atoms with Gasteiger partial charge in [0, 0.05) is 17.0 Å². The molecule has 2 rings (SSSR count). The number of anilines is 1. The van der Waals surface area contributed by atoms with Crippen molar-refractivity contribution in [2.24, 2.45) is 0 Å². The molecule has 0 heterocycles. The normalized spacial score (nSPS) is 23.1. The topological polar surface area (TPSA) is 72.2 Å². The molecule has 112 valence electrons. The first-order chi connectivity index (χ1) is 9.33. The maximum absolute atomic E-state index is 13.6. The van der Waals surface area contributed by atoms with Crippen molar-refractivity contribution in [2.45, 2.75) is 35.4 Å². The number of hydrogen-bond donors (Lipinski definition) is 2. The molecule has 8 heteroatoms. The van der Waals surface area contributed by atoms with Gasteiger partial charge in [-0.15, -0.1) is 0 Å². The fraction of sp³-hybridized carbons (Fsp3) is 0.500. The third-order valence-corrected chi connectivity index (χ3v) is 5.96. The van der Waals surface area contributed by atoms with E-state index in [-0.39, 0.29) is 11.7 Å². The molecule has 0 aromatic heterocycles. The van der Waals surface area contributed by atoms with Gasteiger partial charge < -0.3 is 5.73 Å². The number of hydrogen-bond acceptors (Lipinski definition) is 4. The molecular formula is C12H16F2N2O2S2. The Labute approximate surface area is 121 Å². The minimum atomic E-state index is -4.11. The van der Waals surface area contributed by atoms with Crippen LogP contribution in [0.5, 0.6) is 0 Å². The standard InChI is InChI=1S/C12H16F2N2O2S2/c1-19-9-3-2-8(6-9)16-20(17,18)11-5-7(15)4-10(13)12(11)14/h4-5,8-9,16H,2-3,6,15H2,1H3. The lowest BCUT2D eigenvalue weighted by molar-refractivity contribution is 0.481. The van der Waals surface area contributed by atoms with E-state index in [2.05, 4.69) is 4.72 Å². The lowest BCUT2D eigenvalue weighted by Crippen LogP contribution is -2.33. The highest BCUT2D eigenvalue weighted by molar-refractivity contribution is 7.99. The average molecular weight is 322 g/mol. The largest absolute Gasteiger partial charge is 0.399 e. The zero-order valence-electron chi connectivity index (χ0n) is 10.9. The van der Waals surface area contributed by atoms with Crippen LogP contribution in [0.2, 0.25) is 0 Å². The van der Waals surface area contributed by atoms with Gasteiger partial charge in [0.25, 0.3) is 0 Å². The molecule has 3 N–H and O–H groups in total. The van der Waals surface area contributed by atoms with E-state index in [9.17, 15) is 17.2 Å². The molecule has 0 radical (unpaired) electrons. The van der Waals surface area contributed by atoms with Crippen molar-refractivity contribution in [1.29, 1.82) is 0 Å². The highest BCUT2D eigenvalue weighted by Crippen LogP contribution is 2.30. The maximum Gasteiger partial charge on any atom is 0.243 e. The molecule has 0 aliphatic heterocycles. The number of sulfonamides is 1. The summed E-state index contributed by atoms with van der Waals surface area (Å²) in [4.78, 5) is -0.734. The molecule has 0 amide bonds. The zero-order chi connectivity index (χ0) is 14.9. The van der Waals surface area contributed by atoms with Gasteiger partial charge in [0.15, 0.2) is 11.6 Å². The molecule has 1 saturated carbocycles. The molecule has 1 aromatic rings. The Kier molecular flexibility index (Phi) is 4.55. The van der Waals surface area contributed by atoms with Gasteiger partial charge in [0.05, 0.1) is 0 Å². The van der Waals surface area contributed by atoms with Crippen molar-refractivity contribution in [2.75, 3.05) is 12.0 Å². The Bertz CT molecular complexity index is 608. The van der Waals surface area contributed by atoms with Crippen LogP contribution in [0.25, 0.3) is 0 Å². The fourth-order valence-electron chi connectivity index (χ4n) is 2.32. The zero-order valence-corrected chi connectivity index (χ0v) is 12.5. The number of nitrogen functional groups attached to an aromatic ring is 1. The number of rotatable bonds is 4. The Morgan fingerprint density at radius 2 is 2.05 bits per heavy atom. The van der Waals surface area contributed by atoms with Gasteiger partial charge in [-0.2, -0.15) is 11.8 Å². The third kappa shape index (κ3) is 3.24. The van der Waals surface area contributed by atoms with Crippen LogP contribution in [0.4, 0.5) is 14.5 Å². The monoisotopic (exact) mass is 322 g/mol. The third-order valence-electron chi connectivity index (χ3n) is 3.35. The minimum absolute atomic E-state index is 0.127. The molecule has 0 saturated heterocycles. The van der Waals surface area contributed by atoms with Gasteiger partial charge in [-0.25, -0.2) is 21.9 Å². The second-order valence-corrected chi connectivity index (χ2v) is 7.62. The summed E-state index contributed by atoms with van der Waals surface area (Å²) in [6.45, 7) is 0. The number of benzene rings is 1. The summed E-state index contributed by atoms with van der Waals surface area (Å²) in [6, 6.07) is 1.44. The molecule has 0 spiro atoms. The molecule has 2 atom stereocenters. The lowest BCUT2D eigenvalue weighted by Gasteiger charge is -2.14. The van der Waals surface area contributed by atoms with Crippen LogP contribution < -0.4 is 10.5 Å². The Hall–Kier alpha value is -0.860. The highest BCUT2D eigenvalue weighted by Gasteiger charge is 2.30. The van der Waals surface area contributed by atoms with Crippen molar-refractivity contribution >= 4 is 27.5 Å². The van der Waals surface area contributed by atoms with E-state index in [0.29, 0.717) is 18.1 Å². The second-order valence-electron chi connectivity index (χ2n) is 4.80. The molecule has 1 fully saturated rings.